The predicted molar refractivity (Wildman–Crippen MR) is 90.8 cm³/mol. The first kappa shape index (κ1) is 14.5. The third-order valence-electron chi connectivity index (χ3n) is 3.84. The van der Waals surface area contributed by atoms with Crippen LogP contribution in [0, 0.1) is 6.92 Å². The van der Waals surface area contributed by atoms with Gasteiger partial charge in [-0.1, -0.05) is 35.5 Å². The van der Waals surface area contributed by atoms with Gasteiger partial charge in [-0.15, -0.1) is 0 Å². The molecule has 0 radical (unpaired) electrons. The van der Waals surface area contributed by atoms with Crippen LogP contribution in [0.15, 0.2) is 65.2 Å². The molecule has 0 bridgehead atoms. The number of rotatable bonds is 5. The minimum Gasteiger partial charge on any atom is -0.486 e. The molecule has 24 heavy (non-hydrogen) atoms. The Balaban J connectivity index is 1.67. The Morgan fingerprint density at radius 3 is 2.62 bits per heavy atom. The van der Waals surface area contributed by atoms with E-state index in [0.717, 1.165) is 34.1 Å². The highest BCUT2D eigenvalue weighted by Gasteiger charge is 2.13. The molecular weight excluding hydrogens is 302 g/mol. The molecule has 5 heteroatoms. The number of benzene rings is 2. The maximum Gasteiger partial charge on any atom is 0.156 e. The lowest BCUT2D eigenvalue weighted by atomic mass is 10.3. The van der Waals surface area contributed by atoms with E-state index in [4.69, 9.17) is 14.2 Å². The molecule has 0 N–H and O–H groups in total. The zero-order chi connectivity index (χ0) is 16.4. The Labute approximate surface area is 139 Å². The van der Waals surface area contributed by atoms with E-state index >= 15 is 0 Å². The number of ether oxygens (including phenoxy) is 1. The Morgan fingerprint density at radius 1 is 1.04 bits per heavy atom. The normalized spacial score (nSPS) is 11.0. The molecule has 0 amide bonds. The van der Waals surface area contributed by atoms with Crippen LogP contribution in [-0.4, -0.2) is 14.7 Å². The van der Waals surface area contributed by atoms with Crippen LogP contribution in [0.3, 0.4) is 0 Å². The van der Waals surface area contributed by atoms with E-state index in [9.17, 15) is 0 Å². The van der Waals surface area contributed by atoms with Gasteiger partial charge in [0.15, 0.2) is 5.76 Å². The first-order valence-electron chi connectivity index (χ1n) is 7.84. The molecule has 0 fully saturated rings. The summed E-state index contributed by atoms with van der Waals surface area (Å²) in [5.41, 5.74) is 2.87. The van der Waals surface area contributed by atoms with Crippen LogP contribution in [0.25, 0.3) is 11.0 Å². The van der Waals surface area contributed by atoms with Crippen molar-refractivity contribution in [2.75, 3.05) is 0 Å². The minimum atomic E-state index is 0.395. The van der Waals surface area contributed by atoms with Crippen molar-refractivity contribution in [3.05, 3.63) is 77.9 Å². The van der Waals surface area contributed by atoms with Gasteiger partial charge in [0.2, 0.25) is 0 Å². The fourth-order valence-corrected chi connectivity index (χ4v) is 2.72. The van der Waals surface area contributed by atoms with Crippen molar-refractivity contribution >= 4 is 11.0 Å². The van der Waals surface area contributed by atoms with E-state index < -0.39 is 0 Å². The number of hydrogen-bond donors (Lipinski definition) is 0. The lowest BCUT2D eigenvalue weighted by molar-refractivity contribution is 0.289. The summed E-state index contributed by atoms with van der Waals surface area (Å²) in [7, 11) is 0. The van der Waals surface area contributed by atoms with Gasteiger partial charge >= 0.3 is 0 Å². The molecule has 0 aliphatic heterocycles. The highest BCUT2D eigenvalue weighted by Crippen LogP contribution is 2.20. The van der Waals surface area contributed by atoms with Crippen LogP contribution in [-0.2, 0) is 13.2 Å². The first-order chi connectivity index (χ1) is 11.8. The summed E-state index contributed by atoms with van der Waals surface area (Å²) in [6.45, 7) is 2.89. The third kappa shape index (κ3) is 2.88. The van der Waals surface area contributed by atoms with Crippen molar-refractivity contribution in [1.82, 2.24) is 14.7 Å². The first-order valence-corrected chi connectivity index (χ1v) is 7.84. The van der Waals surface area contributed by atoms with Crippen LogP contribution < -0.4 is 4.74 Å². The minimum absolute atomic E-state index is 0.395. The van der Waals surface area contributed by atoms with Crippen molar-refractivity contribution in [2.24, 2.45) is 0 Å². The Hall–Kier alpha value is -3.08. The van der Waals surface area contributed by atoms with Gasteiger partial charge in [0.05, 0.1) is 23.3 Å². The van der Waals surface area contributed by atoms with Gasteiger partial charge in [-0.3, -0.25) is 0 Å². The molecule has 0 spiro atoms. The number of nitrogens with zero attached hydrogens (tertiary/aromatic N) is 3. The second kappa shape index (κ2) is 6.20. The largest absolute Gasteiger partial charge is 0.486 e. The molecule has 0 aliphatic rings. The van der Waals surface area contributed by atoms with Crippen molar-refractivity contribution in [3.8, 4) is 5.75 Å². The maximum absolute atomic E-state index is 5.88. The van der Waals surface area contributed by atoms with Crippen molar-refractivity contribution in [2.45, 2.75) is 20.1 Å². The quantitative estimate of drug-likeness (QED) is 0.559. The molecule has 5 nitrogen and oxygen atoms in total. The number of aromatic nitrogens is 3. The number of para-hydroxylation sites is 3. The summed E-state index contributed by atoms with van der Waals surface area (Å²) in [5.74, 6) is 2.48. The molecule has 0 saturated heterocycles. The summed E-state index contributed by atoms with van der Waals surface area (Å²) in [6, 6.07) is 19.7. The molecule has 4 aromatic rings. The summed E-state index contributed by atoms with van der Waals surface area (Å²) in [5, 5.41) is 3.96. The highest BCUT2D eigenvalue weighted by atomic mass is 16.5. The lowest BCUT2D eigenvalue weighted by Gasteiger charge is -2.09. The number of fused-ring (bicyclic) bond motifs is 1. The Morgan fingerprint density at radius 2 is 1.83 bits per heavy atom. The lowest BCUT2D eigenvalue weighted by Crippen LogP contribution is -2.08. The van der Waals surface area contributed by atoms with Crippen molar-refractivity contribution < 1.29 is 9.26 Å². The molecule has 0 saturated carbocycles. The average molecular weight is 319 g/mol. The molecule has 4 rings (SSSR count). The van der Waals surface area contributed by atoms with Crippen LogP contribution in [0.5, 0.6) is 5.75 Å². The second-order valence-corrected chi connectivity index (χ2v) is 5.64. The van der Waals surface area contributed by atoms with E-state index in [0.29, 0.717) is 13.2 Å². The highest BCUT2D eigenvalue weighted by molar-refractivity contribution is 5.76. The topological polar surface area (TPSA) is 53.1 Å². The average Bonchev–Trinajstić information content (AvgIpc) is 3.18. The maximum atomic E-state index is 5.88. The van der Waals surface area contributed by atoms with Gasteiger partial charge in [-0.25, -0.2) is 4.98 Å². The molecule has 2 aromatic heterocycles. The molecule has 0 aliphatic carbocycles. The van der Waals surface area contributed by atoms with Crippen LogP contribution in [0.4, 0.5) is 0 Å². The Kier molecular flexibility index (Phi) is 3.75. The summed E-state index contributed by atoms with van der Waals surface area (Å²) in [6.07, 6.45) is 0. The second-order valence-electron chi connectivity index (χ2n) is 5.64. The Bertz CT molecular complexity index is 957. The molecular formula is C19H17N3O2. The van der Waals surface area contributed by atoms with E-state index in [1.807, 2.05) is 61.5 Å². The van der Waals surface area contributed by atoms with E-state index in [1.165, 1.54) is 0 Å². The zero-order valence-corrected chi connectivity index (χ0v) is 13.3. The van der Waals surface area contributed by atoms with E-state index in [2.05, 4.69) is 15.8 Å². The van der Waals surface area contributed by atoms with Gasteiger partial charge in [-0.2, -0.15) is 0 Å². The van der Waals surface area contributed by atoms with E-state index in [1.54, 1.807) is 0 Å². The number of hydrogen-bond acceptors (Lipinski definition) is 4. The number of imidazole rings is 1. The van der Waals surface area contributed by atoms with Gasteiger partial charge in [0, 0.05) is 6.07 Å². The van der Waals surface area contributed by atoms with Crippen molar-refractivity contribution in [1.29, 1.82) is 0 Å². The molecule has 120 valence electrons. The van der Waals surface area contributed by atoms with Crippen molar-refractivity contribution in [3.63, 3.8) is 0 Å². The van der Waals surface area contributed by atoms with Gasteiger partial charge in [0.1, 0.15) is 18.2 Å². The van der Waals surface area contributed by atoms with Gasteiger partial charge in [-0.05, 0) is 31.2 Å². The third-order valence-corrected chi connectivity index (χ3v) is 3.84. The molecule has 0 atom stereocenters. The smallest absolute Gasteiger partial charge is 0.156 e. The molecule has 0 unspecified atom stereocenters. The van der Waals surface area contributed by atoms with Gasteiger partial charge < -0.3 is 13.8 Å². The van der Waals surface area contributed by atoms with E-state index in [-0.39, 0.29) is 0 Å². The fraction of sp³-hybridized carbons (Fsp3) is 0.158. The fourth-order valence-electron chi connectivity index (χ4n) is 2.72. The summed E-state index contributed by atoms with van der Waals surface area (Å²) >= 11 is 0. The predicted octanol–water partition coefficient (Wildman–Crippen LogP) is 3.96. The zero-order valence-electron chi connectivity index (χ0n) is 13.3. The van der Waals surface area contributed by atoms with Crippen LogP contribution >= 0.6 is 0 Å². The van der Waals surface area contributed by atoms with Crippen LogP contribution in [0.2, 0.25) is 0 Å². The standard InChI is InChI=1S/C19H17N3O2/c1-14-11-16(24-21-14)12-22-18-10-6-5-9-17(18)20-19(22)13-23-15-7-3-2-4-8-15/h2-11H,12-13H2,1H3. The molecule has 2 aromatic carbocycles. The monoisotopic (exact) mass is 319 g/mol. The summed E-state index contributed by atoms with van der Waals surface area (Å²) in [4.78, 5) is 4.71. The number of aryl methyl sites for hydroxylation is 1. The van der Waals surface area contributed by atoms with Gasteiger partial charge in [0.25, 0.3) is 0 Å². The summed E-state index contributed by atoms with van der Waals surface area (Å²) < 4.78 is 13.3. The molecule has 2 heterocycles. The van der Waals surface area contributed by atoms with Crippen LogP contribution in [0.1, 0.15) is 17.3 Å². The SMILES string of the molecule is Cc1cc(Cn2c(COc3ccccc3)nc3ccccc32)on1.